The summed E-state index contributed by atoms with van der Waals surface area (Å²) in [5, 5.41) is 3.79. The van der Waals surface area contributed by atoms with Gasteiger partial charge in [-0.1, -0.05) is 39.5 Å². The fourth-order valence-electron chi connectivity index (χ4n) is 3.76. The van der Waals surface area contributed by atoms with Gasteiger partial charge in [0, 0.05) is 6.04 Å². The Morgan fingerprint density at radius 2 is 1.56 bits per heavy atom. The average molecular weight is 223 g/mol. The smallest absolute Gasteiger partial charge is 0.00979 e. The minimum absolute atomic E-state index is 0.858. The van der Waals surface area contributed by atoms with E-state index < -0.39 is 0 Å². The quantitative estimate of drug-likeness (QED) is 0.763. The summed E-state index contributed by atoms with van der Waals surface area (Å²) in [6.45, 7) is 5.99. The van der Waals surface area contributed by atoms with Crippen LogP contribution >= 0.6 is 0 Å². The molecule has 1 heteroatoms. The summed E-state index contributed by atoms with van der Waals surface area (Å²) in [4.78, 5) is 0. The lowest BCUT2D eigenvalue weighted by Gasteiger charge is -2.38. The maximum absolute atomic E-state index is 3.79. The van der Waals surface area contributed by atoms with Crippen LogP contribution in [0.3, 0.4) is 0 Å². The second-order valence-electron chi connectivity index (χ2n) is 6.05. The maximum Gasteiger partial charge on any atom is 0.00979 e. The van der Waals surface area contributed by atoms with Gasteiger partial charge in [0.25, 0.3) is 0 Å². The SMILES string of the molecule is CCC1CCC(C2CC(CC)CCN2)CC1. The van der Waals surface area contributed by atoms with Crippen molar-refractivity contribution in [2.75, 3.05) is 6.54 Å². The highest BCUT2D eigenvalue weighted by Gasteiger charge is 2.30. The van der Waals surface area contributed by atoms with Crippen LogP contribution in [0.5, 0.6) is 0 Å². The van der Waals surface area contributed by atoms with Crippen molar-refractivity contribution in [3.63, 3.8) is 0 Å². The van der Waals surface area contributed by atoms with Crippen molar-refractivity contribution < 1.29 is 0 Å². The fourth-order valence-corrected chi connectivity index (χ4v) is 3.76. The first kappa shape index (κ1) is 12.4. The van der Waals surface area contributed by atoms with Gasteiger partial charge in [-0.3, -0.25) is 0 Å². The molecule has 2 rings (SSSR count). The summed E-state index contributed by atoms with van der Waals surface area (Å²) in [5.41, 5.74) is 0. The first-order valence-corrected chi connectivity index (χ1v) is 7.56. The number of nitrogens with one attached hydrogen (secondary N) is 1. The third-order valence-electron chi connectivity index (χ3n) is 5.16. The molecule has 2 fully saturated rings. The Balaban J connectivity index is 1.79. The molecule has 1 heterocycles. The molecule has 0 aromatic carbocycles. The van der Waals surface area contributed by atoms with Gasteiger partial charge in [-0.25, -0.2) is 0 Å². The molecule has 0 aromatic rings. The van der Waals surface area contributed by atoms with E-state index in [9.17, 15) is 0 Å². The Bertz CT molecular complexity index is 194. The highest BCUT2D eigenvalue weighted by molar-refractivity contribution is 4.86. The second-order valence-corrected chi connectivity index (χ2v) is 6.05. The minimum atomic E-state index is 0.858. The van der Waals surface area contributed by atoms with E-state index in [-0.39, 0.29) is 0 Å². The maximum atomic E-state index is 3.79. The van der Waals surface area contributed by atoms with E-state index in [2.05, 4.69) is 19.2 Å². The molecule has 0 amide bonds. The van der Waals surface area contributed by atoms with E-state index >= 15 is 0 Å². The predicted molar refractivity (Wildman–Crippen MR) is 70.5 cm³/mol. The molecule has 16 heavy (non-hydrogen) atoms. The zero-order chi connectivity index (χ0) is 11.4. The van der Waals surface area contributed by atoms with Crippen LogP contribution in [0.15, 0.2) is 0 Å². The van der Waals surface area contributed by atoms with Crippen LogP contribution in [0.4, 0.5) is 0 Å². The van der Waals surface area contributed by atoms with E-state index in [1.54, 1.807) is 0 Å². The number of piperidine rings is 1. The van der Waals surface area contributed by atoms with Gasteiger partial charge in [0.2, 0.25) is 0 Å². The summed E-state index contributed by atoms with van der Waals surface area (Å²) in [6.07, 6.45) is 11.6. The van der Waals surface area contributed by atoms with Gasteiger partial charge < -0.3 is 5.32 Å². The van der Waals surface area contributed by atoms with Crippen LogP contribution in [0.2, 0.25) is 0 Å². The summed E-state index contributed by atoms with van der Waals surface area (Å²) < 4.78 is 0. The normalized spacial score (nSPS) is 40.9. The predicted octanol–water partition coefficient (Wildman–Crippen LogP) is 3.98. The Morgan fingerprint density at radius 1 is 0.875 bits per heavy atom. The van der Waals surface area contributed by atoms with Crippen LogP contribution in [0.1, 0.15) is 65.2 Å². The first-order chi connectivity index (χ1) is 7.83. The third-order valence-corrected chi connectivity index (χ3v) is 5.16. The second kappa shape index (κ2) is 6.05. The molecule has 2 unspecified atom stereocenters. The molecule has 1 aliphatic carbocycles. The average Bonchev–Trinajstić information content (AvgIpc) is 2.39. The van der Waals surface area contributed by atoms with Gasteiger partial charge in [0.15, 0.2) is 0 Å². The van der Waals surface area contributed by atoms with Gasteiger partial charge in [-0.2, -0.15) is 0 Å². The number of rotatable bonds is 3. The van der Waals surface area contributed by atoms with Gasteiger partial charge >= 0.3 is 0 Å². The van der Waals surface area contributed by atoms with E-state index in [0.717, 1.165) is 23.8 Å². The van der Waals surface area contributed by atoms with E-state index in [0.29, 0.717) is 0 Å². The minimum Gasteiger partial charge on any atom is -0.314 e. The Hall–Kier alpha value is -0.0400. The first-order valence-electron chi connectivity index (χ1n) is 7.56. The van der Waals surface area contributed by atoms with Crippen molar-refractivity contribution in [3.05, 3.63) is 0 Å². The molecule has 0 aromatic heterocycles. The van der Waals surface area contributed by atoms with Crippen molar-refractivity contribution in [1.29, 1.82) is 0 Å². The van der Waals surface area contributed by atoms with E-state index in [1.807, 2.05) is 0 Å². The zero-order valence-electron chi connectivity index (χ0n) is 11.2. The molecule has 0 spiro atoms. The van der Waals surface area contributed by atoms with Crippen LogP contribution < -0.4 is 5.32 Å². The summed E-state index contributed by atoms with van der Waals surface area (Å²) in [6, 6.07) is 0.858. The molecule has 2 atom stereocenters. The molecule has 1 saturated heterocycles. The Morgan fingerprint density at radius 3 is 2.19 bits per heavy atom. The van der Waals surface area contributed by atoms with Crippen LogP contribution in [-0.4, -0.2) is 12.6 Å². The molecular formula is C15H29N. The lowest BCUT2D eigenvalue weighted by molar-refractivity contribution is 0.170. The van der Waals surface area contributed by atoms with Crippen molar-refractivity contribution >= 4 is 0 Å². The fraction of sp³-hybridized carbons (Fsp3) is 1.00. The third kappa shape index (κ3) is 3.00. The molecule has 0 radical (unpaired) electrons. The molecule has 1 N–H and O–H groups in total. The van der Waals surface area contributed by atoms with Crippen molar-refractivity contribution in [2.45, 2.75) is 71.3 Å². The highest BCUT2D eigenvalue weighted by atomic mass is 14.9. The largest absolute Gasteiger partial charge is 0.314 e. The van der Waals surface area contributed by atoms with E-state index in [4.69, 9.17) is 0 Å². The zero-order valence-corrected chi connectivity index (χ0v) is 11.2. The van der Waals surface area contributed by atoms with Gasteiger partial charge in [-0.05, 0) is 50.0 Å². The van der Waals surface area contributed by atoms with Crippen molar-refractivity contribution in [3.8, 4) is 0 Å². The molecule has 1 nitrogen and oxygen atoms in total. The Kier molecular flexibility index (Phi) is 4.69. The van der Waals surface area contributed by atoms with Gasteiger partial charge in [-0.15, -0.1) is 0 Å². The molecule has 94 valence electrons. The van der Waals surface area contributed by atoms with Gasteiger partial charge in [0.1, 0.15) is 0 Å². The van der Waals surface area contributed by atoms with E-state index in [1.165, 1.54) is 57.9 Å². The van der Waals surface area contributed by atoms with Crippen LogP contribution in [0, 0.1) is 17.8 Å². The molecule has 0 bridgehead atoms. The number of hydrogen-bond donors (Lipinski definition) is 1. The monoisotopic (exact) mass is 223 g/mol. The topological polar surface area (TPSA) is 12.0 Å². The van der Waals surface area contributed by atoms with Crippen LogP contribution in [-0.2, 0) is 0 Å². The standard InChI is InChI=1S/C15H29N/c1-3-12-5-7-14(8-6-12)15-11-13(4-2)9-10-16-15/h12-16H,3-11H2,1-2H3. The molecule has 2 aliphatic rings. The highest BCUT2D eigenvalue weighted by Crippen LogP contribution is 2.35. The van der Waals surface area contributed by atoms with Crippen molar-refractivity contribution in [2.24, 2.45) is 17.8 Å². The molecular weight excluding hydrogens is 194 g/mol. The summed E-state index contributed by atoms with van der Waals surface area (Å²) >= 11 is 0. The lowest BCUT2D eigenvalue weighted by atomic mass is 9.74. The van der Waals surface area contributed by atoms with Gasteiger partial charge in [0.05, 0.1) is 0 Å². The molecule has 1 saturated carbocycles. The van der Waals surface area contributed by atoms with Crippen molar-refractivity contribution in [1.82, 2.24) is 5.32 Å². The lowest BCUT2D eigenvalue weighted by Crippen LogP contribution is -2.44. The Labute approximate surface area is 101 Å². The summed E-state index contributed by atoms with van der Waals surface area (Å²) in [5.74, 6) is 3.05. The van der Waals surface area contributed by atoms with Crippen LogP contribution in [0.25, 0.3) is 0 Å². The number of hydrogen-bond acceptors (Lipinski definition) is 1. The molecule has 1 aliphatic heterocycles. The summed E-state index contributed by atoms with van der Waals surface area (Å²) in [7, 11) is 0.